The van der Waals surface area contributed by atoms with E-state index in [0.29, 0.717) is 0 Å². The van der Waals surface area contributed by atoms with E-state index in [1.807, 2.05) is 31.2 Å². The molecule has 0 heterocycles. The molecule has 5 nitrogen and oxygen atoms in total. The molecule has 0 aliphatic rings. The Bertz CT molecular complexity index is 511. The third kappa shape index (κ3) is 4.80. The summed E-state index contributed by atoms with van der Waals surface area (Å²) in [7, 11) is -2.41. The van der Waals surface area contributed by atoms with Gasteiger partial charge in [-0.2, -0.15) is 8.42 Å². The third-order valence-corrected chi connectivity index (χ3v) is 2.55. The van der Waals surface area contributed by atoms with Gasteiger partial charge in [0.05, 0.1) is 0 Å². The fraction of sp³-hybridized carbons (Fsp3) is 0.273. The number of nitrogens with one attached hydrogen (secondary N) is 1. The number of carboxylic acid groups (broad SMARTS) is 1. The van der Waals surface area contributed by atoms with Crippen LogP contribution >= 0.6 is 0 Å². The fourth-order valence-electron chi connectivity index (χ4n) is 1.32. The van der Waals surface area contributed by atoms with Crippen molar-refractivity contribution in [2.75, 3.05) is 0 Å². The van der Waals surface area contributed by atoms with Crippen molar-refractivity contribution >= 4 is 21.8 Å². The number of hydrogen-bond acceptors (Lipinski definition) is 3. The number of hydrogen-bond donors (Lipinski definition) is 2. The standard InChI is InChI=1S/C11H13NO4S/c1-8-2-4-9(5-3-8)6-10(11(13)14)12-7-17(15)16/h2-5,7,10,12H,6H2,1H3,(H,13,14). The summed E-state index contributed by atoms with van der Waals surface area (Å²) >= 11 is 0. The highest BCUT2D eigenvalue weighted by molar-refractivity contribution is 7.71. The SMILES string of the molecule is Cc1ccc(CC(NC=S(=O)=O)C(=O)O)cc1. The Morgan fingerprint density at radius 3 is 2.47 bits per heavy atom. The van der Waals surface area contributed by atoms with Crippen LogP contribution < -0.4 is 5.32 Å². The van der Waals surface area contributed by atoms with Gasteiger partial charge in [0, 0.05) is 0 Å². The van der Waals surface area contributed by atoms with Gasteiger partial charge in [-0.05, 0) is 18.9 Å². The maximum absolute atomic E-state index is 10.9. The zero-order valence-corrected chi connectivity index (χ0v) is 10.1. The van der Waals surface area contributed by atoms with Gasteiger partial charge in [0.1, 0.15) is 11.5 Å². The van der Waals surface area contributed by atoms with E-state index in [4.69, 9.17) is 5.11 Å². The maximum Gasteiger partial charge on any atom is 0.321 e. The van der Waals surface area contributed by atoms with E-state index < -0.39 is 22.3 Å². The van der Waals surface area contributed by atoms with E-state index in [2.05, 4.69) is 5.32 Å². The molecule has 0 spiro atoms. The molecule has 0 amide bonds. The number of benzene rings is 1. The smallest absolute Gasteiger partial charge is 0.321 e. The van der Waals surface area contributed by atoms with Crippen molar-refractivity contribution in [2.24, 2.45) is 0 Å². The highest BCUT2D eigenvalue weighted by Crippen LogP contribution is 2.06. The third-order valence-electron chi connectivity index (χ3n) is 2.22. The number of rotatable bonds is 5. The van der Waals surface area contributed by atoms with Gasteiger partial charge in [0.15, 0.2) is 0 Å². The second-order valence-corrected chi connectivity index (χ2v) is 4.38. The average molecular weight is 255 g/mol. The predicted molar refractivity (Wildman–Crippen MR) is 64.4 cm³/mol. The van der Waals surface area contributed by atoms with Crippen molar-refractivity contribution in [3.63, 3.8) is 0 Å². The summed E-state index contributed by atoms with van der Waals surface area (Å²) in [4.78, 5) is 10.9. The zero-order valence-electron chi connectivity index (χ0n) is 9.25. The summed E-state index contributed by atoms with van der Waals surface area (Å²) in [6.45, 7) is 1.94. The molecule has 0 fully saturated rings. The molecule has 1 rings (SSSR count). The molecule has 0 bridgehead atoms. The first-order valence-electron chi connectivity index (χ1n) is 4.95. The van der Waals surface area contributed by atoms with Crippen LogP contribution in [0.15, 0.2) is 24.3 Å². The molecule has 0 radical (unpaired) electrons. The summed E-state index contributed by atoms with van der Waals surface area (Å²) in [5.41, 5.74) is 2.66. The molecule has 2 N–H and O–H groups in total. The zero-order chi connectivity index (χ0) is 12.8. The van der Waals surface area contributed by atoms with Crippen LogP contribution in [0.1, 0.15) is 11.1 Å². The second-order valence-electron chi connectivity index (χ2n) is 3.63. The Morgan fingerprint density at radius 2 is 2.00 bits per heavy atom. The normalized spacial score (nSPS) is 11.8. The summed E-state index contributed by atoms with van der Waals surface area (Å²) in [5.74, 6) is -1.09. The van der Waals surface area contributed by atoms with Crippen molar-refractivity contribution in [1.82, 2.24) is 5.32 Å². The number of aliphatic carboxylic acids is 1. The molecule has 6 heteroatoms. The monoisotopic (exact) mass is 255 g/mol. The fourth-order valence-corrected chi connectivity index (χ4v) is 1.59. The van der Waals surface area contributed by atoms with Crippen LogP contribution in [0.25, 0.3) is 0 Å². The molecule has 0 aromatic heterocycles. The quantitative estimate of drug-likeness (QED) is 0.735. The van der Waals surface area contributed by atoms with Gasteiger partial charge in [0.2, 0.25) is 10.3 Å². The lowest BCUT2D eigenvalue weighted by molar-refractivity contribution is -0.138. The Labute approximate surface area is 101 Å². The number of carboxylic acids is 1. The lowest BCUT2D eigenvalue weighted by Gasteiger charge is -2.10. The molecule has 0 saturated heterocycles. The molecular formula is C11H13NO4S. The maximum atomic E-state index is 10.9. The number of carbonyl (C=O) groups is 1. The van der Waals surface area contributed by atoms with E-state index >= 15 is 0 Å². The molecule has 1 aromatic rings. The first-order valence-corrected chi connectivity index (χ1v) is 6.08. The van der Waals surface area contributed by atoms with E-state index in [0.717, 1.165) is 16.6 Å². The molecule has 0 aliphatic carbocycles. The van der Waals surface area contributed by atoms with Crippen molar-refractivity contribution in [1.29, 1.82) is 0 Å². The summed E-state index contributed by atoms with van der Waals surface area (Å²) < 4.78 is 20.6. The molecule has 17 heavy (non-hydrogen) atoms. The minimum absolute atomic E-state index is 0.226. The van der Waals surface area contributed by atoms with Crippen molar-refractivity contribution in [3.05, 3.63) is 35.4 Å². The second kappa shape index (κ2) is 6.17. The lowest BCUT2D eigenvalue weighted by Crippen LogP contribution is -2.37. The molecule has 0 aliphatic heterocycles. The van der Waals surface area contributed by atoms with Crippen LogP contribution in [0.5, 0.6) is 0 Å². The molecule has 92 valence electrons. The van der Waals surface area contributed by atoms with Crippen LogP contribution in [0.2, 0.25) is 0 Å². The van der Waals surface area contributed by atoms with Crippen LogP contribution in [-0.4, -0.2) is 31.0 Å². The van der Waals surface area contributed by atoms with Crippen molar-refractivity contribution in [3.8, 4) is 0 Å². The van der Waals surface area contributed by atoms with Gasteiger partial charge in [-0.3, -0.25) is 10.1 Å². The Kier molecular flexibility index (Phi) is 4.86. The highest BCUT2D eigenvalue weighted by Gasteiger charge is 2.16. The first-order chi connectivity index (χ1) is 7.99. The minimum Gasteiger partial charge on any atom is -0.480 e. The molecule has 0 saturated carbocycles. The summed E-state index contributed by atoms with van der Waals surface area (Å²) in [6.07, 6.45) is 0.226. The van der Waals surface area contributed by atoms with Gasteiger partial charge in [0.25, 0.3) is 0 Å². The molecule has 1 aromatic carbocycles. The van der Waals surface area contributed by atoms with E-state index in [1.165, 1.54) is 0 Å². The van der Waals surface area contributed by atoms with Gasteiger partial charge < -0.3 is 5.11 Å². The highest BCUT2D eigenvalue weighted by atomic mass is 32.2. The van der Waals surface area contributed by atoms with Crippen molar-refractivity contribution < 1.29 is 18.3 Å². The first kappa shape index (κ1) is 13.4. The topological polar surface area (TPSA) is 83.5 Å². The van der Waals surface area contributed by atoms with E-state index in [1.54, 1.807) is 0 Å². The molecule has 1 atom stereocenters. The molecular weight excluding hydrogens is 242 g/mol. The Hall–Kier alpha value is -1.66. The van der Waals surface area contributed by atoms with Crippen LogP contribution in [0, 0.1) is 6.92 Å². The van der Waals surface area contributed by atoms with Crippen LogP contribution in [0.4, 0.5) is 0 Å². The minimum atomic E-state index is -2.41. The predicted octanol–water partition coefficient (Wildman–Crippen LogP) is 0.219. The van der Waals surface area contributed by atoms with Gasteiger partial charge >= 0.3 is 5.97 Å². The van der Waals surface area contributed by atoms with Gasteiger partial charge in [-0.15, -0.1) is 0 Å². The van der Waals surface area contributed by atoms with Gasteiger partial charge in [-0.25, -0.2) is 0 Å². The Morgan fingerprint density at radius 1 is 1.41 bits per heavy atom. The van der Waals surface area contributed by atoms with Crippen LogP contribution in [-0.2, 0) is 21.5 Å². The number of aryl methyl sites for hydroxylation is 1. The van der Waals surface area contributed by atoms with Gasteiger partial charge in [-0.1, -0.05) is 29.8 Å². The van der Waals surface area contributed by atoms with E-state index in [9.17, 15) is 13.2 Å². The Balaban J connectivity index is 2.76. The average Bonchev–Trinajstić information content (AvgIpc) is 2.26. The lowest BCUT2D eigenvalue weighted by atomic mass is 10.0. The summed E-state index contributed by atoms with van der Waals surface area (Å²) in [5, 5.41) is 11.3. The van der Waals surface area contributed by atoms with E-state index in [-0.39, 0.29) is 6.42 Å². The summed E-state index contributed by atoms with van der Waals surface area (Å²) in [6, 6.07) is 6.45. The van der Waals surface area contributed by atoms with Crippen molar-refractivity contribution in [2.45, 2.75) is 19.4 Å². The largest absolute Gasteiger partial charge is 0.480 e. The van der Waals surface area contributed by atoms with Crippen LogP contribution in [0.3, 0.4) is 0 Å². The molecule has 1 unspecified atom stereocenters.